The first-order valence-electron chi connectivity index (χ1n) is 8.75. The molecule has 120 valence electrons. The molecule has 1 atom stereocenters. The molecule has 2 saturated carbocycles. The second kappa shape index (κ2) is 8.40. The molecule has 2 fully saturated rings. The van der Waals surface area contributed by atoms with E-state index in [2.05, 4.69) is 10.6 Å². The fourth-order valence-electron chi connectivity index (χ4n) is 3.54. The zero-order valence-corrected chi connectivity index (χ0v) is 13.3. The maximum Gasteiger partial charge on any atom is 0.223 e. The average Bonchev–Trinajstić information content (AvgIpc) is 2.54. The van der Waals surface area contributed by atoms with Crippen LogP contribution in [-0.4, -0.2) is 24.4 Å². The van der Waals surface area contributed by atoms with E-state index >= 15 is 0 Å². The minimum Gasteiger partial charge on any atom is -0.354 e. The second-order valence-corrected chi connectivity index (χ2v) is 6.82. The van der Waals surface area contributed by atoms with Gasteiger partial charge in [0.1, 0.15) is 0 Å². The number of amides is 2. The predicted molar refractivity (Wildman–Crippen MR) is 83.8 cm³/mol. The van der Waals surface area contributed by atoms with Crippen LogP contribution in [0, 0.1) is 11.8 Å². The number of carbonyl (C=O) groups is 2. The van der Waals surface area contributed by atoms with Crippen LogP contribution >= 0.6 is 0 Å². The molecular formula is C17H30N2O2. The molecule has 0 heterocycles. The number of hydrogen-bond acceptors (Lipinski definition) is 2. The monoisotopic (exact) mass is 294 g/mol. The van der Waals surface area contributed by atoms with Crippen LogP contribution in [0.5, 0.6) is 0 Å². The van der Waals surface area contributed by atoms with E-state index in [4.69, 9.17) is 0 Å². The highest BCUT2D eigenvalue weighted by atomic mass is 16.2. The van der Waals surface area contributed by atoms with Crippen molar-refractivity contribution in [3.63, 3.8) is 0 Å². The lowest BCUT2D eigenvalue weighted by atomic mass is 9.88. The van der Waals surface area contributed by atoms with Crippen molar-refractivity contribution in [2.24, 2.45) is 11.8 Å². The number of hydrogen-bond donors (Lipinski definition) is 2. The van der Waals surface area contributed by atoms with Crippen molar-refractivity contribution in [2.45, 2.75) is 77.2 Å². The quantitative estimate of drug-likeness (QED) is 0.819. The van der Waals surface area contributed by atoms with Gasteiger partial charge in [0.2, 0.25) is 11.8 Å². The van der Waals surface area contributed by atoms with Crippen LogP contribution in [-0.2, 0) is 9.59 Å². The van der Waals surface area contributed by atoms with Gasteiger partial charge in [0.25, 0.3) is 0 Å². The van der Waals surface area contributed by atoms with Gasteiger partial charge in [0, 0.05) is 24.4 Å². The van der Waals surface area contributed by atoms with E-state index in [1.54, 1.807) is 0 Å². The summed E-state index contributed by atoms with van der Waals surface area (Å²) in [4.78, 5) is 24.2. The van der Waals surface area contributed by atoms with Crippen molar-refractivity contribution in [3.8, 4) is 0 Å². The summed E-state index contributed by atoms with van der Waals surface area (Å²) in [7, 11) is 0. The molecule has 2 aliphatic carbocycles. The summed E-state index contributed by atoms with van der Waals surface area (Å²) in [6.45, 7) is 2.52. The van der Waals surface area contributed by atoms with Crippen LogP contribution in [0.4, 0.5) is 0 Å². The second-order valence-electron chi connectivity index (χ2n) is 6.82. The lowest BCUT2D eigenvalue weighted by Crippen LogP contribution is -2.45. The third-order valence-corrected chi connectivity index (χ3v) is 4.92. The van der Waals surface area contributed by atoms with Gasteiger partial charge in [-0.2, -0.15) is 0 Å². The average molecular weight is 294 g/mol. The fourth-order valence-corrected chi connectivity index (χ4v) is 3.54. The van der Waals surface area contributed by atoms with Gasteiger partial charge in [0.15, 0.2) is 0 Å². The van der Waals surface area contributed by atoms with Gasteiger partial charge < -0.3 is 10.6 Å². The molecule has 0 aromatic rings. The van der Waals surface area contributed by atoms with Gasteiger partial charge >= 0.3 is 0 Å². The van der Waals surface area contributed by atoms with E-state index in [-0.39, 0.29) is 29.7 Å². The molecular weight excluding hydrogens is 264 g/mol. The Kier molecular flexibility index (Phi) is 6.52. The maximum absolute atomic E-state index is 12.1. The molecule has 0 bridgehead atoms. The van der Waals surface area contributed by atoms with Crippen molar-refractivity contribution in [1.29, 1.82) is 0 Å². The summed E-state index contributed by atoms with van der Waals surface area (Å²) < 4.78 is 0. The van der Waals surface area contributed by atoms with Crippen molar-refractivity contribution in [1.82, 2.24) is 10.6 Å². The molecule has 0 aromatic heterocycles. The van der Waals surface area contributed by atoms with E-state index in [1.807, 2.05) is 6.92 Å². The number of carbonyl (C=O) groups excluding carboxylic acids is 2. The Hall–Kier alpha value is -1.06. The predicted octanol–water partition coefficient (Wildman–Crippen LogP) is 2.77. The third kappa shape index (κ3) is 5.33. The Balaban J connectivity index is 1.65. The third-order valence-electron chi connectivity index (χ3n) is 4.92. The van der Waals surface area contributed by atoms with Gasteiger partial charge in [-0.3, -0.25) is 9.59 Å². The standard InChI is InChI=1S/C17H30N2O2/c1-13(19-17(21)15-10-6-3-7-11-15)12-18-16(20)14-8-4-2-5-9-14/h13-15H,2-12H2,1H3,(H,18,20)(H,19,21)/t13-/m1/s1. The largest absolute Gasteiger partial charge is 0.354 e. The first kappa shape index (κ1) is 16.3. The Morgan fingerprint density at radius 1 is 0.857 bits per heavy atom. The van der Waals surface area contributed by atoms with Gasteiger partial charge in [-0.05, 0) is 32.6 Å². The van der Waals surface area contributed by atoms with Gasteiger partial charge in [-0.15, -0.1) is 0 Å². The topological polar surface area (TPSA) is 58.2 Å². The highest BCUT2D eigenvalue weighted by Crippen LogP contribution is 2.24. The van der Waals surface area contributed by atoms with Crippen LogP contribution < -0.4 is 10.6 Å². The molecule has 2 N–H and O–H groups in total. The van der Waals surface area contributed by atoms with E-state index in [0.29, 0.717) is 6.54 Å². The molecule has 21 heavy (non-hydrogen) atoms. The summed E-state index contributed by atoms with van der Waals surface area (Å²) >= 11 is 0. The molecule has 2 amide bonds. The highest BCUT2D eigenvalue weighted by Gasteiger charge is 2.23. The van der Waals surface area contributed by atoms with E-state index in [0.717, 1.165) is 25.7 Å². The van der Waals surface area contributed by atoms with Crippen molar-refractivity contribution >= 4 is 11.8 Å². The summed E-state index contributed by atoms with van der Waals surface area (Å²) in [5.74, 6) is 0.734. The van der Waals surface area contributed by atoms with E-state index < -0.39 is 0 Å². The van der Waals surface area contributed by atoms with Crippen molar-refractivity contribution in [2.75, 3.05) is 6.54 Å². The van der Waals surface area contributed by atoms with Crippen LogP contribution in [0.25, 0.3) is 0 Å². The number of nitrogens with one attached hydrogen (secondary N) is 2. The molecule has 2 aliphatic rings. The zero-order valence-electron chi connectivity index (χ0n) is 13.3. The zero-order chi connectivity index (χ0) is 15.1. The smallest absolute Gasteiger partial charge is 0.223 e. The Morgan fingerprint density at radius 3 is 1.86 bits per heavy atom. The Bertz CT molecular complexity index is 345. The van der Waals surface area contributed by atoms with Crippen LogP contribution in [0.1, 0.15) is 71.1 Å². The summed E-state index contributed by atoms with van der Waals surface area (Å²) in [5.41, 5.74) is 0. The summed E-state index contributed by atoms with van der Waals surface area (Å²) in [6, 6.07) is 0.0203. The molecule has 2 rings (SSSR count). The lowest BCUT2D eigenvalue weighted by Gasteiger charge is -2.24. The van der Waals surface area contributed by atoms with Crippen molar-refractivity contribution < 1.29 is 9.59 Å². The van der Waals surface area contributed by atoms with E-state index in [9.17, 15) is 9.59 Å². The molecule has 0 unspecified atom stereocenters. The highest BCUT2D eigenvalue weighted by molar-refractivity contribution is 5.80. The minimum atomic E-state index is 0.0203. The molecule has 0 saturated heterocycles. The molecule has 0 aliphatic heterocycles. The normalized spacial score (nSPS) is 22.5. The molecule has 0 radical (unpaired) electrons. The molecule has 0 aromatic carbocycles. The van der Waals surface area contributed by atoms with Crippen LogP contribution in [0.15, 0.2) is 0 Å². The SMILES string of the molecule is C[C@H](CNC(=O)C1CCCCC1)NC(=O)C1CCCCC1. The van der Waals surface area contributed by atoms with Gasteiger partial charge in [-0.25, -0.2) is 0 Å². The first-order valence-corrected chi connectivity index (χ1v) is 8.75. The van der Waals surface area contributed by atoms with Crippen LogP contribution in [0.3, 0.4) is 0 Å². The minimum absolute atomic E-state index is 0.0203. The fraction of sp³-hybridized carbons (Fsp3) is 0.882. The molecule has 0 spiro atoms. The van der Waals surface area contributed by atoms with E-state index in [1.165, 1.54) is 38.5 Å². The summed E-state index contributed by atoms with van der Waals surface area (Å²) in [6.07, 6.45) is 11.3. The lowest BCUT2D eigenvalue weighted by molar-refractivity contribution is -0.128. The Labute approximate surface area is 128 Å². The van der Waals surface area contributed by atoms with Crippen molar-refractivity contribution in [3.05, 3.63) is 0 Å². The number of rotatable bonds is 5. The van der Waals surface area contributed by atoms with Gasteiger partial charge in [-0.1, -0.05) is 38.5 Å². The maximum atomic E-state index is 12.1. The van der Waals surface area contributed by atoms with Crippen LogP contribution in [0.2, 0.25) is 0 Å². The van der Waals surface area contributed by atoms with Gasteiger partial charge in [0.05, 0.1) is 0 Å². The molecule has 4 nitrogen and oxygen atoms in total. The molecule has 4 heteroatoms. The Morgan fingerprint density at radius 2 is 1.33 bits per heavy atom. The summed E-state index contributed by atoms with van der Waals surface area (Å²) in [5, 5.41) is 6.06. The first-order chi connectivity index (χ1) is 10.2.